The quantitative estimate of drug-likeness (QED) is 0.748. The van der Waals surface area contributed by atoms with Crippen molar-refractivity contribution in [2.45, 2.75) is 57.4 Å². The van der Waals surface area contributed by atoms with Crippen LogP contribution < -0.4 is 4.90 Å². The number of piperidine rings is 1. The average molecular weight is 384 g/mol. The number of rotatable bonds is 4. The van der Waals surface area contributed by atoms with Crippen LogP contribution in [0.1, 0.15) is 61.7 Å². The van der Waals surface area contributed by atoms with Gasteiger partial charge in [0, 0.05) is 31.2 Å². The lowest BCUT2D eigenvalue weighted by Gasteiger charge is -2.44. The number of esters is 1. The van der Waals surface area contributed by atoms with Gasteiger partial charge in [0.15, 0.2) is 6.61 Å². The number of fused-ring (bicyclic) bond motifs is 1. The standard InChI is InChI=1S/C22H28N2O4/c25-20-11-5-12-23(20)18-9-3-7-17(14-18)22(27)28-15-21(26)24-13-4-8-16-6-1-2-10-19(16)24/h3,7,9,14,16,19H,1-2,4-6,8,10-13,15H2/t16-,19-/m1/s1. The van der Waals surface area contributed by atoms with Gasteiger partial charge in [-0.25, -0.2) is 4.79 Å². The second-order valence-corrected chi connectivity index (χ2v) is 8.12. The zero-order valence-corrected chi connectivity index (χ0v) is 16.3. The molecule has 0 spiro atoms. The Labute approximate surface area is 165 Å². The Hall–Kier alpha value is -2.37. The van der Waals surface area contributed by atoms with Gasteiger partial charge in [0.2, 0.25) is 5.91 Å². The van der Waals surface area contributed by atoms with Crippen LogP contribution in [0.3, 0.4) is 0 Å². The molecule has 1 aromatic carbocycles. The summed E-state index contributed by atoms with van der Waals surface area (Å²) in [5.41, 5.74) is 1.09. The van der Waals surface area contributed by atoms with Crippen LogP contribution in [0.4, 0.5) is 5.69 Å². The van der Waals surface area contributed by atoms with Crippen LogP contribution in [0.15, 0.2) is 24.3 Å². The molecular weight excluding hydrogens is 356 g/mol. The maximum atomic E-state index is 12.7. The van der Waals surface area contributed by atoms with Crippen LogP contribution >= 0.6 is 0 Å². The molecule has 6 heteroatoms. The van der Waals surface area contributed by atoms with E-state index in [-0.39, 0.29) is 18.4 Å². The fourth-order valence-electron chi connectivity index (χ4n) is 4.95. The second kappa shape index (κ2) is 8.33. The van der Waals surface area contributed by atoms with Gasteiger partial charge in [-0.1, -0.05) is 18.9 Å². The Morgan fingerprint density at radius 1 is 1.04 bits per heavy atom. The summed E-state index contributed by atoms with van der Waals surface area (Å²) >= 11 is 0. The summed E-state index contributed by atoms with van der Waals surface area (Å²) in [6, 6.07) is 7.22. The van der Waals surface area contributed by atoms with Crippen LogP contribution in [0.25, 0.3) is 0 Å². The molecule has 2 amide bonds. The highest BCUT2D eigenvalue weighted by Gasteiger charge is 2.35. The van der Waals surface area contributed by atoms with Crippen LogP contribution in [0.2, 0.25) is 0 Å². The molecule has 1 aliphatic carbocycles. The normalized spacial score (nSPS) is 24.8. The van der Waals surface area contributed by atoms with E-state index in [0.29, 0.717) is 36.2 Å². The van der Waals surface area contributed by atoms with Crippen molar-refractivity contribution in [3.05, 3.63) is 29.8 Å². The van der Waals surface area contributed by atoms with E-state index < -0.39 is 5.97 Å². The van der Waals surface area contributed by atoms with Gasteiger partial charge in [-0.15, -0.1) is 0 Å². The Kier molecular flexibility index (Phi) is 5.64. The molecule has 1 aromatic rings. The second-order valence-electron chi connectivity index (χ2n) is 8.12. The predicted octanol–water partition coefficient (Wildman–Crippen LogP) is 3.15. The van der Waals surface area contributed by atoms with Crippen LogP contribution in [-0.2, 0) is 14.3 Å². The maximum absolute atomic E-state index is 12.7. The van der Waals surface area contributed by atoms with E-state index in [2.05, 4.69) is 0 Å². The zero-order valence-electron chi connectivity index (χ0n) is 16.3. The average Bonchev–Trinajstić information content (AvgIpc) is 3.17. The summed E-state index contributed by atoms with van der Waals surface area (Å²) in [5, 5.41) is 0. The topological polar surface area (TPSA) is 66.9 Å². The predicted molar refractivity (Wildman–Crippen MR) is 105 cm³/mol. The van der Waals surface area contributed by atoms with Crippen molar-refractivity contribution in [2.24, 2.45) is 5.92 Å². The van der Waals surface area contributed by atoms with Crippen LogP contribution in [0, 0.1) is 5.92 Å². The number of anilines is 1. The molecule has 0 radical (unpaired) electrons. The highest BCUT2D eigenvalue weighted by Crippen LogP contribution is 2.35. The van der Waals surface area contributed by atoms with E-state index in [1.54, 1.807) is 23.1 Å². The molecule has 28 heavy (non-hydrogen) atoms. The fourth-order valence-corrected chi connectivity index (χ4v) is 4.95. The zero-order chi connectivity index (χ0) is 19.5. The van der Waals surface area contributed by atoms with Crippen molar-refractivity contribution in [1.29, 1.82) is 0 Å². The first kappa shape index (κ1) is 19.0. The Balaban J connectivity index is 1.36. The lowest BCUT2D eigenvalue weighted by molar-refractivity contribution is -0.140. The minimum absolute atomic E-state index is 0.0767. The highest BCUT2D eigenvalue weighted by atomic mass is 16.5. The molecule has 3 aliphatic rings. The van der Waals surface area contributed by atoms with Gasteiger partial charge in [-0.3, -0.25) is 9.59 Å². The Morgan fingerprint density at radius 3 is 2.68 bits per heavy atom. The third-order valence-corrected chi connectivity index (χ3v) is 6.36. The smallest absolute Gasteiger partial charge is 0.338 e. The summed E-state index contributed by atoms with van der Waals surface area (Å²) in [5.74, 6) is 0.0829. The summed E-state index contributed by atoms with van der Waals surface area (Å²) in [6.07, 6.45) is 8.32. The highest BCUT2D eigenvalue weighted by molar-refractivity contribution is 5.97. The molecule has 0 aromatic heterocycles. The van der Waals surface area contributed by atoms with Gasteiger partial charge in [-0.2, -0.15) is 0 Å². The number of hydrogen-bond acceptors (Lipinski definition) is 4. The molecular formula is C22H28N2O4. The van der Waals surface area contributed by atoms with E-state index in [4.69, 9.17) is 4.74 Å². The third kappa shape index (κ3) is 3.91. The van der Waals surface area contributed by atoms with E-state index in [9.17, 15) is 14.4 Å². The molecule has 150 valence electrons. The van der Waals surface area contributed by atoms with E-state index in [0.717, 1.165) is 25.8 Å². The van der Waals surface area contributed by atoms with Gasteiger partial charge in [0.05, 0.1) is 5.56 Å². The first-order valence-electron chi connectivity index (χ1n) is 10.5. The molecule has 0 unspecified atom stereocenters. The van der Waals surface area contributed by atoms with E-state index in [1.165, 1.54) is 25.7 Å². The molecule has 2 heterocycles. The number of amides is 2. The first-order chi connectivity index (χ1) is 13.6. The lowest BCUT2D eigenvalue weighted by atomic mass is 9.78. The fraction of sp³-hybridized carbons (Fsp3) is 0.591. The third-order valence-electron chi connectivity index (χ3n) is 6.36. The number of carbonyl (C=O) groups excluding carboxylic acids is 3. The minimum atomic E-state index is -0.515. The lowest BCUT2D eigenvalue weighted by Crippen LogP contribution is -2.50. The summed E-state index contributed by atoms with van der Waals surface area (Å²) < 4.78 is 5.33. The molecule has 2 aliphatic heterocycles. The molecule has 3 fully saturated rings. The van der Waals surface area contributed by atoms with Crippen LogP contribution in [-0.4, -0.2) is 48.4 Å². The largest absolute Gasteiger partial charge is 0.452 e. The van der Waals surface area contributed by atoms with Gasteiger partial charge in [0.1, 0.15) is 0 Å². The van der Waals surface area contributed by atoms with E-state index >= 15 is 0 Å². The van der Waals surface area contributed by atoms with Crippen molar-refractivity contribution in [3.8, 4) is 0 Å². The molecule has 0 N–H and O–H groups in total. The Bertz CT molecular complexity index is 761. The molecule has 2 atom stereocenters. The van der Waals surface area contributed by atoms with Crippen molar-refractivity contribution < 1.29 is 19.1 Å². The monoisotopic (exact) mass is 384 g/mol. The summed E-state index contributed by atoms with van der Waals surface area (Å²) in [7, 11) is 0. The number of ether oxygens (including phenoxy) is 1. The summed E-state index contributed by atoms with van der Waals surface area (Å²) in [6.45, 7) is 1.23. The molecule has 6 nitrogen and oxygen atoms in total. The SMILES string of the molecule is O=C(OCC(=O)N1CCC[C@H]2CCCC[C@H]21)c1cccc(N2CCCC2=O)c1. The van der Waals surface area contributed by atoms with Gasteiger partial charge >= 0.3 is 5.97 Å². The van der Waals surface area contributed by atoms with Crippen molar-refractivity contribution in [3.63, 3.8) is 0 Å². The van der Waals surface area contributed by atoms with Gasteiger partial charge in [-0.05, 0) is 56.2 Å². The van der Waals surface area contributed by atoms with Crippen molar-refractivity contribution in [1.82, 2.24) is 4.90 Å². The maximum Gasteiger partial charge on any atom is 0.338 e. The number of carbonyl (C=O) groups is 3. The first-order valence-corrected chi connectivity index (χ1v) is 10.5. The van der Waals surface area contributed by atoms with Gasteiger partial charge in [0.25, 0.3) is 5.91 Å². The van der Waals surface area contributed by atoms with Crippen molar-refractivity contribution in [2.75, 3.05) is 24.6 Å². The summed E-state index contributed by atoms with van der Waals surface area (Å²) in [4.78, 5) is 40.7. The molecule has 0 bridgehead atoms. The molecule has 4 rings (SSSR count). The van der Waals surface area contributed by atoms with E-state index in [1.807, 2.05) is 11.0 Å². The number of likely N-dealkylation sites (tertiary alicyclic amines) is 1. The molecule has 2 saturated heterocycles. The number of nitrogens with zero attached hydrogens (tertiary/aromatic N) is 2. The van der Waals surface area contributed by atoms with Gasteiger partial charge < -0.3 is 14.5 Å². The number of benzene rings is 1. The minimum Gasteiger partial charge on any atom is -0.452 e. The van der Waals surface area contributed by atoms with Crippen molar-refractivity contribution >= 4 is 23.5 Å². The number of hydrogen-bond donors (Lipinski definition) is 0. The Morgan fingerprint density at radius 2 is 1.86 bits per heavy atom. The molecule has 1 saturated carbocycles. The van der Waals surface area contributed by atoms with Crippen LogP contribution in [0.5, 0.6) is 0 Å².